The summed E-state index contributed by atoms with van der Waals surface area (Å²) in [5.41, 5.74) is 0. The van der Waals surface area contributed by atoms with E-state index in [0.29, 0.717) is 26.1 Å². The summed E-state index contributed by atoms with van der Waals surface area (Å²) in [6, 6.07) is 5.85. The molecule has 1 saturated heterocycles. The molecule has 1 aliphatic carbocycles. The first-order valence-electron chi connectivity index (χ1n) is 8.04. The number of rotatable bonds is 5. The lowest BCUT2D eigenvalue weighted by Crippen LogP contribution is -2.49. The van der Waals surface area contributed by atoms with Crippen molar-refractivity contribution in [1.82, 2.24) is 15.2 Å². The molecule has 1 saturated carbocycles. The van der Waals surface area contributed by atoms with E-state index < -0.39 is 0 Å². The third-order valence-electron chi connectivity index (χ3n) is 4.43. The second kappa shape index (κ2) is 6.81. The van der Waals surface area contributed by atoms with Crippen LogP contribution in [0.25, 0.3) is 0 Å². The first-order valence-corrected chi connectivity index (χ1v) is 8.04. The Bertz CT molecular complexity index is 582. The molecule has 2 unspecified atom stereocenters. The largest absolute Gasteiger partial charge is 0.353 e. The number of carbonyl (C=O) groups is 2. The fourth-order valence-corrected chi connectivity index (χ4v) is 2.99. The van der Waals surface area contributed by atoms with Gasteiger partial charge in [-0.3, -0.25) is 9.59 Å². The topological polar surface area (TPSA) is 65.5 Å². The summed E-state index contributed by atoms with van der Waals surface area (Å²) >= 11 is 0. The zero-order valence-electron chi connectivity index (χ0n) is 13.1. The highest BCUT2D eigenvalue weighted by Gasteiger charge is 2.49. The lowest BCUT2D eigenvalue weighted by molar-refractivity contribution is -0.135. The van der Waals surface area contributed by atoms with Crippen molar-refractivity contribution < 1.29 is 9.59 Å². The van der Waals surface area contributed by atoms with Crippen molar-refractivity contribution in [2.75, 3.05) is 37.6 Å². The highest BCUT2D eigenvalue weighted by atomic mass is 16.2. The Morgan fingerprint density at radius 3 is 2.70 bits per heavy atom. The Morgan fingerprint density at radius 1 is 1.26 bits per heavy atom. The third-order valence-corrected chi connectivity index (χ3v) is 4.43. The average Bonchev–Trinajstić information content (AvgIpc) is 3.41. The highest BCUT2D eigenvalue weighted by Crippen LogP contribution is 2.40. The molecule has 122 valence electrons. The van der Waals surface area contributed by atoms with E-state index in [9.17, 15) is 9.59 Å². The van der Waals surface area contributed by atoms with Gasteiger partial charge >= 0.3 is 0 Å². The van der Waals surface area contributed by atoms with Gasteiger partial charge in [-0.2, -0.15) is 0 Å². The maximum atomic E-state index is 12.5. The molecular formula is C17H22N4O2. The minimum atomic E-state index is -0.156. The van der Waals surface area contributed by atoms with Gasteiger partial charge in [0.05, 0.1) is 11.8 Å². The second-order valence-electron chi connectivity index (χ2n) is 5.98. The van der Waals surface area contributed by atoms with Crippen LogP contribution in [0.15, 0.2) is 37.1 Å². The predicted octanol–water partition coefficient (Wildman–Crippen LogP) is 0.668. The Labute approximate surface area is 136 Å². The lowest BCUT2D eigenvalue weighted by Gasteiger charge is -2.35. The Morgan fingerprint density at radius 2 is 2.04 bits per heavy atom. The zero-order valence-corrected chi connectivity index (χ0v) is 13.1. The smallest absolute Gasteiger partial charge is 0.226 e. The molecule has 1 N–H and O–H groups in total. The van der Waals surface area contributed by atoms with E-state index in [1.165, 1.54) is 0 Å². The quantitative estimate of drug-likeness (QED) is 0.811. The molecule has 1 aliphatic heterocycles. The summed E-state index contributed by atoms with van der Waals surface area (Å²) in [4.78, 5) is 32.7. The number of nitrogens with zero attached hydrogens (tertiary/aromatic N) is 3. The van der Waals surface area contributed by atoms with Crippen LogP contribution in [0.5, 0.6) is 0 Å². The van der Waals surface area contributed by atoms with Crippen molar-refractivity contribution in [3.05, 3.63) is 37.1 Å². The molecule has 1 aromatic rings. The van der Waals surface area contributed by atoms with Crippen LogP contribution in [-0.2, 0) is 9.59 Å². The molecule has 0 aromatic carbocycles. The number of anilines is 1. The molecule has 2 aliphatic rings. The van der Waals surface area contributed by atoms with Crippen LogP contribution < -0.4 is 10.2 Å². The summed E-state index contributed by atoms with van der Waals surface area (Å²) in [7, 11) is 0. The number of hydrogen-bond acceptors (Lipinski definition) is 4. The monoisotopic (exact) mass is 314 g/mol. The Balaban J connectivity index is 1.48. The molecule has 6 nitrogen and oxygen atoms in total. The van der Waals surface area contributed by atoms with Gasteiger partial charge in [0.2, 0.25) is 11.8 Å². The molecule has 0 radical (unpaired) electrons. The summed E-state index contributed by atoms with van der Waals surface area (Å²) in [6.07, 6.45) is 4.10. The van der Waals surface area contributed by atoms with Crippen LogP contribution in [-0.4, -0.2) is 54.4 Å². The molecule has 2 atom stereocenters. The van der Waals surface area contributed by atoms with Crippen molar-refractivity contribution in [2.45, 2.75) is 6.42 Å². The molecular weight excluding hydrogens is 292 g/mol. The van der Waals surface area contributed by atoms with Gasteiger partial charge in [-0.05, 0) is 18.6 Å². The standard InChI is InChI=1S/C17H22N4O2/c1-2-6-19-16(22)13-12-14(13)17(23)21-10-8-20(9-11-21)15-5-3-4-7-18-15/h2-5,7,13-14H,1,6,8-12H2,(H,19,22). The number of hydrogen-bond donors (Lipinski definition) is 1. The van der Waals surface area contributed by atoms with Gasteiger partial charge in [-0.15, -0.1) is 6.58 Å². The minimum Gasteiger partial charge on any atom is -0.353 e. The summed E-state index contributed by atoms with van der Waals surface area (Å²) < 4.78 is 0. The Kier molecular flexibility index (Phi) is 4.60. The van der Waals surface area contributed by atoms with Gasteiger partial charge in [-0.25, -0.2) is 4.98 Å². The SMILES string of the molecule is C=CCNC(=O)C1CC1C(=O)N1CCN(c2ccccn2)CC1. The van der Waals surface area contributed by atoms with Crippen molar-refractivity contribution >= 4 is 17.6 Å². The van der Waals surface area contributed by atoms with Crippen LogP contribution >= 0.6 is 0 Å². The maximum Gasteiger partial charge on any atom is 0.226 e. The number of nitrogens with one attached hydrogen (secondary N) is 1. The molecule has 0 bridgehead atoms. The molecule has 2 fully saturated rings. The fourth-order valence-electron chi connectivity index (χ4n) is 2.99. The van der Waals surface area contributed by atoms with Gasteiger partial charge in [0.15, 0.2) is 0 Å². The van der Waals surface area contributed by atoms with E-state index in [1.807, 2.05) is 23.1 Å². The van der Waals surface area contributed by atoms with Crippen LogP contribution in [0, 0.1) is 11.8 Å². The maximum absolute atomic E-state index is 12.5. The van der Waals surface area contributed by atoms with Crippen LogP contribution in [0.4, 0.5) is 5.82 Å². The van der Waals surface area contributed by atoms with Gasteiger partial charge in [0.1, 0.15) is 5.82 Å². The fraction of sp³-hybridized carbons (Fsp3) is 0.471. The molecule has 1 aromatic heterocycles. The molecule has 2 amide bonds. The van der Waals surface area contributed by atoms with Crippen molar-refractivity contribution in [3.8, 4) is 0 Å². The molecule has 0 spiro atoms. The van der Waals surface area contributed by atoms with E-state index in [0.717, 1.165) is 18.9 Å². The van der Waals surface area contributed by atoms with Crippen molar-refractivity contribution in [3.63, 3.8) is 0 Å². The molecule has 2 heterocycles. The lowest BCUT2D eigenvalue weighted by atomic mass is 10.2. The molecule has 3 rings (SSSR count). The van der Waals surface area contributed by atoms with Crippen LogP contribution in [0.3, 0.4) is 0 Å². The van der Waals surface area contributed by atoms with E-state index in [2.05, 4.69) is 21.8 Å². The highest BCUT2D eigenvalue weighted by molar-refractivity contribution is 5.92. The van der Waals surface area contributed by atoms with Gasteiger partial charge in [0.25, 0.3) is 0 Å². The number of aromatic nitrogens is 1. The summed E-state index contributed by atoms with van der Waals surface area (Å²) in [5, 5.41) is 2.77. The predicted molar refractivity (Wildman–Crippen MR) is 87.8 cm³/mol. The average molecular weight is 314 g/mol. The number of pyridine rings is 1. The third kappa shape index (κ3) is 3.52. The normalized spacial score (nSPS) is 23.3. The summed E-state index contributed by atoms with van der Waals surface area (Å²) in [5.74, 6) is 0.741. The molecule has 23 heavy (non-hydrogen) atoms. The molecule has 6 heteroatoms. The van der Waals surface area contributed by atoms with E-state index >= 15 is 0 Å². The van der Waals surface area contributed by atoms with Crippen LogP contribution in [0.1, 0.15) is 6.42 Å². The van der Waals surface area contributed by atoms with Gasteiger partial charge in [-0.1, -0.05) is 12.1 Å². The van der Waals surface area contributed by atoms with Crippen molar-refractivity contribution in [1.29, 1.82) is 0 Å². The summed E-state index contributed by atoms with van der Waals surface area (Å²) in [6.45, 7) is 6.97. The van der Waals surface area contributed by atoms with E-state index in [4.69, 9.17) is 0 Å². The number of piperazine rings is 1. The van der Waals surface area contributed by atoms with E-state index in [-0.39, 0.29) is 23.7 Å². The van der Waals surface area contributed by atoms with Crippen molar-refractivity contribution in [2.24, 2.45) is 11.8 Å². The number of amides is 2. The van der Waals surface area contributed by atoms with Gasteiger partial charge in [0, 0.05) is 38.9 Å². The zero-order chi connectivity index (χ0) is 16.2. The Hall–Kier alpha value is -2.37. The minimum absolute atomic E-state index is 0.0321. The first kappa shape index (κ1) is 15.5. The van der Waals surface area contributed by atoms with Crippen LogP contribution in [0.2, 0.25) is 0 Å². The first-order chi connectivity index (χ1) is 11.2. The number of carbonyl (C=O) groups excluding carboxylic acids is 2. The van der Waals surface area contributed by atoms with E-state index in [1.54, 1.807) is 12.3 Å². The van der Waals surface area contributed by atoms with Gasteiger partial charge < -0.3 is 15.1 Å². The second-order valence-corrected chi connectivity index (χ2v) is 5.98.